The van der Waals surface area contributed by atoms with Gasteiger partial charge in [0.1, 0.15) is 0 Å². The number of carbonyl (C=O) groups is 1. The van der Waals surface area contributed by atoms with Crippen LogP contribution in [-0.2, 0) is 0 Å². The average Bonchev–Trinajstić information content (AvgIpc) is 2.92. The Morgan fingerprint density at radius 1 is 1.24 bits per heavy atom. The van der Waals surface area contributed by atoms with Gasteiger partial charge in [-0.25, -0.2) is 0 Å². The van der Waals surface area contributed by atoms with Crippen molar-refractivity contribution in [3.05, 3.63) is 64.3 Å². The number of benzene rings is 2. The molecule has 0 saturated heterocycles. The van der Waals surface area contributed by atoms with Crippen molar-refractivity contribution in [2.45, 2.75) is 0 Å². The molecule has 3 aromatic rings. The van der Waals surface area contributed by atoms with Crippen molar-refractivity contribution in [2.24, 2.45) is 0 Å². The molecule has 3 rings (SSSR count). The molecule has 1 aromatic heterocycles. The molecule has 1 heterocycles. The van der Waals surface area contributed by atoms with Crippen LogP contribution in [0, 0.1) is 11.3 Å². The largest absolute Gasteiger partial charge is 0.398 e. The summed E-state index contributed by atoms with van der Waals surface area (Å²) in [7, 11) is 0. The van der Waals surface area contributed by atoms with Gasteiger partial charge in [0.15, 0.2) is 5.78 Å². The zero-order valence-electron chi connectivity index (χ0n) is 10.9. The lowest BCUT2D eigenvalue weighted by atomic mass is 10.0. The smallest absolute Gasteiger partial charge is 0.196 e. The number of nitrogens with two attached hydrogens (primary N) is 1. The fraction of sp³-hybridized carbons (Fsp3) is 0. The maximum absolute atomic E-state index is 12.6. The summed E-state index contributed by atoms with van der Waals surface area (Å²) in [5, 5.41) is 9.90. The minimum absolute atomic E-state index is 0.205. The zero-order valence-corrected chi connectivity index (χ0v) is 11.6. The Balaban J connectivity index is 2.15. The van der Waals surface area contributed by atoms with E-state index in [1.807, 2.05) is 0 Å². The predicted octanol–water partition coefficient (Wildman–Crippen LogP) is 3.51. The summed E-state index contributed by atoms with van der Waals surface area (Å²) in [6, 6.07) is 12.2. The minimum atomic E-state index is -0.205. The molecule has 0 aliphatic heterocycles. The number of ketones is 1. The minimum Gasteiger partial charge on any atom is -0.398 e. The first kappa shape index (κ1) is 13.2. The highest BCUT2D eigenvalue weighted by Gasteiger charge is 2.18. The molecule has 4 nitrogen and oxygen atoms in total. The number of nitrogens with zero attached hydrogens (tertiary/aromatic N) is 1. The van der Waals surface area contributed by atoms with Crippen LogP contribution < -0.4 is 5.73 Å². The lowest BCUT2D eigenvalue weighted by Gasteiger charge is -2.05. The molecule has 0 bridgehead atoms. The molecular formula is C16H10ClN3O. The SMILES string of the molecule is N#Cc1ccc2c(C(=O)c3cccc(N)c3Cl)c[nH]c2c1. The second-order valence-corrected chi connectivity index (χ2v) is 4.99. The van der Waals surface area contributed by atoms with Crippen LogP contribution in [0.2, 0.25) is 5.02 Å². The van der Waals surface area contributed by atoms with Gasteiger partial charge in [-0.3, -0.25) is 4.79 Å². The lowest BCUT2D eigenvalue weighted by Crippen LogP contribution is -2.03. The normalized spacial score (nSPS) is 10.5. The van der Waals surface area contributed by atoms with Crippen LogP contribution in [0.5, 0.6) is 0 Å². The van der Waals surface area contributed by atoms with Gasteiger partial charge in [0.25, 0.3) is 0 Å². The highest BCUT2D eigenvalue weighted by molar-refractivity contribution is 6.37. The van der Waals surface area contributed by atoms with E-state index in [-0.39, 0.29) is 10.8 Å². The maximum Gasteiger partial charge on any atom is 0.196 e. The first-order valence-electron chi connectivity index (χ1n) is 6.21. The molecule has 0 aliphatic rings. The van der Waals surface area contributed by atoms with E-state index < -0.39 is 0 Å². The summed E-state index contributed by atoms with van der Waals surface area (Å²) < 4.78 is 0. The van der Waals surface area contributed by atoms with E-state index in [4.69, 9.17) is 22.6 Å². The van der Waals surface area contributed by atoms with Crippen molar-refractivity contribution in [1.82, 2.24) is 4.98 Å². The Hall–Kier alpha value is -2.77. The van der Waals surface area contributed by atoms with E-state index >= 15 is 0 Å². The fourth-order valence-corrected chi connectivity index (χ4v) is 2.47. The van der Waals surface area contributed by atoms with Crippen molar-refractivity contribution < 1.29 is 4.79 Å². The predicted molar refractivity (Wildman–Crippen MR) is 82.3 cm³/mol. The third-order valence-electron chi connectivity index (χ3n) is 3.33. The Kier molecular flexibility index (Phi) is 3.13. The van der Waals surface area contributed by atoms with E-state index in [1.54, 1.807) is 42.6 Å². The summed E-state index contributed by atoms with van der Waals surface area (Å²) in [6.07, 6.45) is 1.62. The van der Waals surface area contributed by atoms with Gasteiger partial charge < -0.3 is 10.7 Å². The molecule has 0 spiro atoms. The molecule has 0 fully saturated rings. The number of carbonyl (C=O) groups excluding carboxylic acids is 1. The van der Waals surface area contributed by atoms with Gasteiger partial charge in [-0.1, -0.05) is 23.7 Å². The van der Waals surface area contributed by atoms with Crippen molar-refractivity contribution in [2.75, 3.05) is 5.73 Å². The molecule has 0 radical (unpaired) electrons. The molecule has 5 heteroatoms. The van der Waals surface area contributed by atoms with E-state index in [0.717, 1.165) is 10.9 Å². The number of anilines is 1. The average molecular weight is 296 g/mol. The zero-order chi connectivity index (χ0) is 15.0. The topological polar surface area (TPSA) is 82.7 Å². The number of nitrogens with one attached hydrogen (secondary N) is 1. The molecule has 2 aromatic carbocycles. The van der Waals surface area contributed by atoms with Gasteiger partial charge in [0.2, 0.25) is 0 Å². The fourth-order valence-electron chi connectivity index (χ4n) is 2.25. The summed E-state index contributed by atoms with van der Waals surface area (Å²) in [6.45, 7) is 0. The van der Waals surface area contributed by atoms with Gasteiger partial charge in [-0.05, 0) is 24.3 Å². The third kappa shape index (κ3) is 2.14. The van der Waals surface area contributed by atoms with Crippen LogP contribution in [0.1, 0.15) is 21.5 Å². The number of H-pyrrole nitrogens is 1. The first-order valence-corrected chi connectivity index (χ1v) is 6.59. The molecular weight excluding hydrogens is 286 g/mol. The molecule has 3 N–H and O–H groups in total. The molecule has 102 valence electrons. The third-order valence-corrected chi connectivity index (χ3v) is 3.75. The van der Waals surface area contributed by atoms with Gasteiger partial charge >= 0.3 is 0 Å². The standard InChI is InChI=1S/C16H10ClN3O/c17-15-11(2-1-3-13(15)19)16(21)12-8-20-14-6-9(7-18)4-5-10(12)14/h1-6,8,20H,19H2. The van der Waals surface area contributed by atoms with Crippen LogP contribution in [-0.4, -0.2) is 10.8 Å². The number of aromatic nitrogens is 1. The Labute approximate surface area is 125 Å². The van der Waals surface area contributed by atoms with E-state index in [9.17, 15) is 4.79 Å². The molecule has 21 heavy (non-hydrogen) atoms. The summed E-state index contributed by atoms with van der Waals surface area (Å²) in [5.74, 6) is -0.205. The van der Waals surface area contributed by atoms with Gasteiger partial charge in [0, 0.05) is 28.2 Å². The van der Waals surface area contributed by atoms with Crippen molar-refractivity contribution in [1.29, 1.82) is 5.26 Å². The van der Waals surface area contributed by atoms with Crippen molar-refractivity contribution >= 4 is 34.0 Å². The number of nitriles is 1. The van der Waals surface area contributed by atoms with E-state index in [1.165, 1.54) is 0 Å². The molecule has 0 aliphatic carbocycles. The maximum atomic E-state index is 12.6. The number of fused-ring (bicyclic) bond motifs is 1. The van der Waals surface area contributed by atoms with E-state index in [0.29, 0.717) is 22.4 Å². The van der Waals surface area contributed by atoms with Crippen LogP contribution >= 0.6 is 11.6 Å². The highest BCUT2D eigenvalue weighted by Crippen LogP contribution is 2.28. The Bertz CT molecular complexity index is 906. The molecule has 0 amide bonds. The lowest BCUT2D eigenvalue weighted by molar-refractivity contribution is 0.104. The number of rotatable bonds is 2. The number of hydrogen-bond donors (Lipinski definition) is 2. The monoisotopic (exact) mass is 295 g/mol. The Morgan fingerprint density at radius 3 is 2.81 bits per heavy atom. The van der Waals surface area contributed by atoms with Crippen LogP contribution in [0.4, 0.5) is 5.69 Å². The summed E-state index contributed by atoms with van der Waals surface area (Å²) in [4.78, 5) is 15.6. The molecule has 0 saturated carbocycles. The summed E-state index contributed by atoms with van der Waals surface area (Å²) >= 11 is 6.10. The number of halogens is 1. The number of hydrogen-bond acceptors (Lipinski definition) is 3. The summed E-state index contributed by atoms with van der Waals surface area (Å²) in [5.41, 5.74) is 8.24. The quantitative estimate of drug-likeness (QED) is 0.560. The van der Waals surface area contributed by atoms with E-state index in [2.05, 4.69) is 11.1 Å². The Morgan fingerprint density at radius 2 is 2.05 bits per heavy atom. The number of aromatic amines is 1. The van der Waals surface area contributed by atoms with Crippen LogP contribution in [0.3, 0.4) is 0 Å². The van der Waals surface area contributed by atoms with Crippen LogP contribution in [0.25, 0.3) is 10.9 Å². The van der Waals surface area contributed by atoms with Gasteiger partial charge in [-0.15, -0.1) is 0 Å². The second-order valence-electron chi connectivity index (χ2n) is 4.61. The number of nitrogen functional groups attached to an aromatic ring is 1. The second kappa shape index (κ2) is 4.97. The van der Waals surface area contributed by atoms with Gasteiger partial charge in [0.05, 0.1) is 22.3 Å². The molecule has 0 unspecified atom stereocenters. The first-order chi connectivity index (χ1) is 10.1. The molecule has 0 atom stereocenters. The highest BCUT2D eigenvalue weighted by atomic mass is 35.5. The van der Waals surface area contributed by atoms with Gasteiger partial charge in [-0.2, -0.15) is 5.26 Å². The van der Waals surface area contributed by atoms with Crippen LogP contribution in [0.15, 0.2) is 42.6 Å². The van der Waals surface area contributed by atoms with Crippen molar-refractivity contribution in [3.8, 4) is 6.07 Å². The van der Waals surface area contributed by atoms with Crippen molar-refractivity contribution in [3.63, 3.8) is 0 Å².